The standard InChI is InChI=1S/C15H22ClNO3/c1-3-4-11(7-8-16)10-17-15(19)12-5-6-14(20-2)13(18)9-12/h5-6,9,11,18H,3-4,7-8,10H2,1-2H3,(H,17,19). The lowest BCUT2D eigenvalue weighted by Gasteiger charge is -2.15. The van der Waals surface area contributed by atoms with E-state index in [9.17, 15) is 9.90 Å². The molecule has 5 heteroatoms. The van der Waals surface area contributed by atoms with Gasteiger partial charge in [0.1, 0.15) is 0 Å². The number of halogens is 1. The second kappa shape index (κ2) is 8.69. The molecule has 0 aliphatic carbocycles. The van der Waals surface area contributed by atoms with Gasteiger partial charge in [0, 0.05) is 18.0 Å². The Labute approximate surface area is 125 Å². The van der Waals surface area contributed by atoms with E-state index in [2.05, 4.69) is 12.2 Å². The van der Waals surface area contributed by atoms with Gasteiger partial charge in [0.2, 0.25) is 0 Å². The number of amides is 1. The number of alkyl halides is 1. The van der Waals surface area contributed by atoms with Gasteiger partial charge < -0.3 is 15.2 Å². The lowest BCUT2D eigenvalue weighted by molar-refractivity contribution is 0.0945. The fourth-order valence-electron chi connectivity index (χ4n) is 2.08. The molecular weight excluding hydrogens is 278 g/mol. The summed E-state index contributed by atoms with van der Waals surface area (Å²) in [5, 5.41) is 12.5. The zero-order valence-electron chi connectivity index (χ0n) is 12.0. The van der Waals surface area contributed by atoms with E-state index in [0.29, 0.717) is 29.7 Å². The fourth-order valence-corrected chi connectivity index (χ4v) is 2.39. The minimum atomic E-state index is -0.196. The summed E-state index contributed by atoms with van der Waals surface area (Å²) in [5.41, 5.74) is 0.421. The first-order valence-electron chi connectivity index (χ1n) is 6.83. The van der Waals surface area contributed by atoms with Gasteiger partial charge in [-0.25, -0.2) is 0 Å². The third-order valence-electron chi connectivity index (χ3n) is 3.21. The van der Waals surface area contributed by atoms with Gasteiger partial charge >= 0.3 is 0 Å². The van der Waals surface area contributed by atoms with E-state index >= 15 is 0 Å². The average molecular weight is 300 g/mol. The normalized spacial score (nSPS) is 11.9. The first kappa shape index (κ1) is 16.6. The molecule has 1 rings (SSSR count). The van der Waals surface area contributed by atoms with Crippen molar-refractivity contribution in [2.45, 2.75) is 26.2 Å². The molecule has 0 saturated carbocycles. The highest BCUT2D eigenvalue weighted by Crippen LogP contribution is 2.26. The van der Waals surface area contributed by atoms with Gasteiger partial charge in [-0.2, -0.15) is 0 Å². The molecule has 0 aromatic heterocycles. The number of carbonyl (C=O) groups excluding carboxylic acids is 1. The number of methoxy groups -OCH3 is 1. The smallest absolute Gasteiger partial charge is 0.251 e. The Morgan fingerprint density at radius 3 is 2.75 bits per heavy atom. The number of hydrogen-bond acceptors (Lipinski definition) is 3. The maximum absolute atomic E-state index is 12.0. The van der Waals surface area contributed by atoms with Crippen molar-refractivity contribution in [3.8, 4) is 11.5 Å². The number of aromatic hydroxyl groups is 1. The second-order valence-corrected chi connectivity index (χ2v) is 5.11. The highest BCUT2D eigenvalue weighted by atomic mass is 35.5. The molecule has 0 aliphatic rings. The molecule has 1 amide bonds. The van der Waals surface area contributed by atoms with Crippen LogP contribution < -0.4 is 10.1 Å². The van der Waals surface area contributed by atoms with E-state index in [-0.39, 0.29) is 11.7 Å². The summed E-state index contributed by atoms with van der Waals surface area (Å²) in [7, 11) is 1.47. The van der Waals surface area contributed by atoms with Crippen LogP contribution in [-0.2, 0) is 0 Å². The number of rotatable bonds is 8. The van der Waals surface area contributed by atoms with E-state index in [0.717, 1.165) is 19.3 Å². The fraction of sp³-hybridized carbons (Fsp3) is 0.533. The van der Waals surface area contributed by atoms with Gasteiger partial charge in [0.05, 0.1) is 7.11 Å². The van der Waals surface area contributed by atoms with Crippen LogP contribution in [0.2, 0.25) is 0 Å². The molecular formula is C15H22ClNO3. The lowest BCUT2D eigenvalue weighted by atomic mass is 10.0. The van der Waals surface area contributed by atoms with Crippen molar-refractivity contribution in [1.82, 2.24) is 5.32 Å². The van der Waals surface area contributed by atoms with Crippen molar-refractivity contribution < 1.29 is 14.6 Å². The lowest BCUT2D eigenvalue weighted by Crippen LogP contribution is -2.29. The molecule has 4 nitrogen and oxygen atoms in total. The molecule has 0 aliphatic heterocycles. The molecule has 112 valence electrons. The van der Waals surface area contributed by atoms with E-state index < -0.39 is 0 Å². The van der Waals surface area contributed by atoms with Gasteiger partial charge in [-0.05, 0) is 37.0 Å². The quantitative estimate of drug-likeness (QED) is 0.725. The molecule has 0 spiro atoms. The molecule has 1 aromatic carbocycles. The summed E-state index contributed by atoms with van der Waals surface area (Å²) >= 11 is 5.76. The summed E-state index contributed by atoms with van der Waals surface area (Å²) in [5.74, 6) is 1.12. The Balaban J connectivity index is 2.59. The molecule has 1 unspecified atom stereocenters. The predicted molar refractivity (Wildman–Crippen MR) is 80.7 cm³/mol. The molecule has 0 fully saturated rings. The van der Waals surface area contributed by atoms with Crippen molar-refractivity contribution in [2.24, 2.45) is 5.92 Å². The molecule has 2 N–H and O–H groups in total. The van der Waals surface area contributed by atoms with E-state index in [1.807, 2.05) is 0 Å². The zero-order chi connectivity index (χ0) is 15.0. The number of benzene rings is 1. The summed E-state index contributed by atoms with van der Waals surface area (Å²) in [6.45, 7) is 2.72. The summed E-state index contributed by atoms with van der Waals surface area (Å²) in [4.78, 5) is 12.0. The molecule has 20 heavy (non-hydrogen) atoms. The van der Waals surface area contributed by atoms with Crippen LogP contribution in [0.1, 0.15) is 36.5 Å². The van der Waals surface area contributed by atoms with Gasteiger partial charge in [-0.1, -0.05) is 13.3 Å². The van der Waals surface area contributed by atoms with Crippen LogP contribution in [0, 0.1) is 5.92 Å². The maximum Gasteiger partial charge on any atom is 0.251 e. The van der Waals surface area contributed by atoms with E-state index in [4.69, 9.17) is 16.3 Å². The number of phenolic OH excluding ortho intramolecular Hbond substituents is 1. The van der Waals surface area contributed by atoms with Crippen molar-refractivity contribution in [3.63, 3.8) is 0 Å². The first-order chi connectivity index (χ1) is 9.62. The summed E-state index contributed by atoms with van der Waals surface area (Å²) in [6.07, 6.45) is 3.01. The molecule has 1 aromatic rings. The Morgan fingerprint density at radius 1 is 1.45 bits per heavy atom. The Morgan fingerprint density at radius 2 is 2.20 bits per heavy atom. The SMILES string of the molecule is CCCC(CCCl)CNC(=O)c1ccc(OC)c(O)c1. The van der Waals surface area contributed by atoms with Crippen molar-refractivity contribution in [2.75, 3.05) is 19.5 Å². The van der Waals surface area contributed by atoms with Crippen LogP contribution >= 0.6 is 11.6 Å². The van der Waals surface area contributed by atoms with Crippen LogP contribution in [0.4, 0.5) is 0 Å². The maximum atomic E-state index is 12.0. The van der Waals surface area contributed by atoms with E-state index in [1.54, 1.807) is 12.1 Å². The average Bonchev–Trinajstić information content (AvgIpc) is 2.44. The third-order valence-corrected chi connectivity index (χ3v) is 3.42. The molecule has 0 saturated heterocycles. The summed E-state index contributed by atoms with van der Waals surface area (Å²) in [6, 6.07) is 4.61. The monoisotopic (exact) mass is 299 g/mol. The molecule has 0 radical (unpaired) electrons. The molecule has 0 bridgehead atoms. The Kier molecular flexibility index (Phi) is 7.23. The van der Waals surface area contributed by atoms with Gasteiger partial charge in [-0.15, -0.1) is 11.6 Å². The second-order valence-electron chi connectivity index (χ2n) is 4.73. The van der Waals surface area contributed by atoms with Crippen LogP contribution in [0.3, 0.4) is 0 Å². The number of hydrogen-bond donors (Lipinski definition) is 2. The van der Waals surface area contributed by atoms with Crippen LogP contribution in [-0.4, -0.2) is 30.5 Å². The molecule has 0 heterocycles. The zero-order valence-corrected chi connectivity index (χ0v) is 12.7. The van der Waals surface area contributed by atoms with Crippen molar-refractivity contribution in [1.29, 1.82) is 0 Å². The largest absolute Gasteiger partial charge is 0.504 e. The van der Waals surface area contributed by atoms with Crippen LogP contribution in [0.5, 0.6) is 11.5 Å². The number of nitrogens with one attached hydrogen (secondary N) is 1. The Bertz CT molecular complexity index is 431. The minimum Gasteiger partial charge on any atom is -0.504 e. The minimum absolute atomic E-state index is 0.0361. The topological polar surface area (TPSA) is 58.6 Å². The van der Waals surface area contributed by atoms with Gasteiger partial charge in [-0.3, -0.25) is 4.79 Å². The van der Waals surface area contributed by atoms with Crippen molar-refractivity contribution in [3.05, 3.63) is 23.8 Å². The number of carbonyl (C=O) groups is 1. The third kappa shape index (κ3) is 4.93. The first-order valence-corrected chi connectivity index (χ1v) is 7.37. The van der Waals surface area contributed by atoms with Gasteiger partial charge in [0.25, 0.3) is 5.91 Å². The number of ether oxygens (including phenoxy) is 1. The summed E-state index contributed by atoms with van der Waals surface area (Å²) < 4.78 is 4.95. The highest BCUT2D eigenvalue weighted by Gasteiger charge is 2.12. The van der Waals surface area contributed by atoms with Crippen molar-refractivity contribution >= 4 is 17.5 Å². The predicted octanol–water partition coefficient (Wildman–Crippen LogP) is 3.18. The number of phenols is 1. The van der Waals surface area contributed by atoms with E-state index in [1.165, 1.54) is 13.2 Å². The van der Waals surface area contributed by atoms with Gasteiger partial charge in [0.15, 0.2) is 11.5 Å². The molecule has 1 atom stereocenters. The van der Waals surface area contributed by atoms with Crippen LogP contribution in [0.25, 0.3) is 0 Å². The Hall–Kier alpha value is -1.42. The van der Waals surface area contributed by atoms with Crippen LogP contribution in [0.15, 0.2) is 18.2 Å². The highest BCUT2D eigenvalue weighted by molar-refractivity contribution is 6.17.